The summed E-state index contributed by atoms with van der Waals surface area (Å²) in [6.07, 6.45) is 0. The van der Waals surface area contributed by atoms with E-state index in [4.69, 9.17) is 12.2 Å². The van der Waals surface area contributed by atoms with Crippen LogP contribution in [0, 0.1) is 21.0 Å². The molecule has 0 saturated carbocycles. The molecular weight excluding hydrogens is 246 g/mol. The summed E-state index contributed by atoms with van der Waals surface area (Å²) < 4.78 is 0.505. The van der Waals surface area contributed by atoms with Crippen molar-refractivity contribution in [2.75, 3.05) is 0 Å². The van der Waals surface area contributed by atoms with Crippen molar-refractivity contribution in [1.29, 1.82) is 0 Å². The van der Waals surface area contributed by atoms with E-state index in [0.29, 0.717) is 14.5 Å². The lowest BCUT2D eigenvalue weighted by Gasteiger charge is -1.99. The number of aromatic amines is 1. The van der Waals surface area contributed by atoms with E-state index >= 15 is 0 Å². The van der Waals surface area contributed by atoms with Crippen molar-refractivity contribution in [3.63, 3.8) is 0 Å². The number of hydrogen-bond acceptors (Lipinski definition) is 5. The minimum atomic E-state index is -0.417. The highest BCUT2D eigenvalue weighted by atomic mass is 32.1. The van der Waals surface area contributed by atoms with Gasteiger partial charge in [-0.2, -0.15) is 5.10 Å². The first-order chi connectivity index (χ1) is 7.58. The monoisotopic (exact) mass is 253 g/mol. The number of H-pyrrole nitrogens is 1. The molecule has 0 amide bonds. The second-order valence-corrected chi connectivity index (χ2v) is 4.86. The molecule has 16 heavy (non-hydrogen) atoms. The van der Waals surface area contributed by atoms with E-state index in [1.54, 1.807) is 12.1 Å². The molecule has 0 unspecified atom stereocenters. The molecular formula is C9H7N3O2S2. The van der Waals surface area contributed by atoms with Gasteiger partial charge in [0.2, 0.25) is 0 Å². The summed E-state index contributed by atoms with van der Waals surface area (Å²) in [6.45, 7) is 1.87. The Hall–Kier alpha value is -1.60. The van der Waals surface area contributed by atoms with Gasteiger partial charge in [0.25, 0.3) is 5.69 Å². The van der Waals surface area contributed by atoms with Gasteiger partial charge in [0.15, 0.2) is 8.96 Å². The number of nitro groups is 1. The second-order valence-electron chi connectivity index (χ2n) is 3.20. The number of rotatable bonds is 2. The summed E-state index contributed by atoms with van der Waals surface area (Å²) in [4.78, 5) is 10.4. The van der Waals surface area contributed by atoms with E-state index < -0.39 is 4.92 Å². The number of nitro benzene ring substituents is 1. The van der Waals surface area contributed by atoms with Crippen LogP contribution in [-0.4, -0.2) is 15.1 Å². The molecule has 1 aromatic heterocycles. The standard InChI is InChI=1S/C9H7N3O2S2/c1-5-2-3-7(12(13)14)6(4-5)8-10-11-9(15)16-8/h2-4H,1H3,(H,11,15). The van der Waals surface area contributed by atoms with Crippen LogP contribution >= 0.6 is 23.6 Å². The lowest BCUT2D eigenvalue weighted by molar-refractivity contribution is -0.384. The van der Waals surface area contributed by atoms with Gasteiger partial charge in [-0.3, -0.25) is 15.2 Å². The Kier molecular flexibility index (Phi) is 2.80. The second kappa shape index (κ2) is 4.11. The maximum Gasteiger partial charge on any atom is 0.279 e. The fraction of sp³-hybridized carbons (Fsp3) is 0.111. The van der Waals surface area contributed by atoms with Crippen molar-refractivity contribution in [3.05, 3.63) is 37.8 Å². The molecule has 82 valence electrons. The Morgan fingerprint density at radius 1 is 1.56 bits per heavy atom. The zero-order chi connectivity index (χ0) is 11.7. The normalized spacial score (nSPS) is 10.3. The molecule has 2 rings (SSSR count). The van der Waals surface area contributed by atoms with Crippen LogP contribution in [0.3, 0.4) is 0 Å². The van der Waals surface area contributed by atoms with Crippen molar-refractivity contribution in [1.82, 2.24) is 10.2 Å². The topological polar surface area (TPSA) is 71.8 Å². The number of aromatic nitrogens is 2. The summed E-state index contributed by atoms with van der Waals surface area (Å²) in [6, 6.07) is 4.92. The van der Waals surface area contributed by atoms with Gasteiger partial charge in [-0.25, -0.2) is 0 Å². The predicted octanol–water partition coefficient (Wildman–Crippen LogP) is 3.08. The molecule has 1 heterocycles. The van der Waals surface area contributed by atoms with Crippen molar-refractivity contribution >= 4 is 29.2 Å². The zero-order valence-electron chi connectivity index (χ0n) is 8.26. The molecule has 1 N–H and O–H groups in total. The Morgan fingerprint density at radius 3 is 2.88 bits per heavy atom. The number of hydrogen-bond donors (Lipinski definition) is 1. The molecule has 2 aromatic rings. The van der Waals surface area contributed by atoms with Crippen LogP contribution in [0.15, 0.2) is 18.2 Å². The van der Waals surface area contributed by atoms with Crippen LogP contribution in [-0.2, 0) is 0 Å². The highest BCUT2D eigenvalue weighted by Gasteiger charge is 2.17. The van der Waals surface area contributed by atoms with Gasteiger partial charge in [0.1, 0.15) is 0 Å². The molecule has 7 heteroatoms. The quantitative estimate of drug-likeness (QED) is 0.507. The average molecular weight is 253 g/mol. The fourth-order valence-electron chi connectivity index (χ4n) is 1.33. The first-order valence-electron chi connectivity index (χ1n) is 4.39. The zero-order valence-corrected chi connectivity index (χ0v) is 9.89. The van der Waals surface area contributed by atoms with Gasteiger partial charge in [-0.05, 0) is 30.8 Å². The maximum absolute atomic E-state index is 10.9. The molecule has 0 fully saturated rings. The SMILES string of the molecule is Cc1ccc([N+](=O)[O-])c(-c2n[nH]c(=S)s2)c1. The average Bonchev–Trinajstić information content (AvgIpc) is 2.64. The Bertz CT molecular complexity index is 603. The van der Waals surface area contributed by atoms with Gasteiger partial charge in [0.05, 0.1) is 10.5 Å². The van der Waals surface area contributed by atoms with Crippen molar-refractivity contribution in [2.24, 2.45) is 0 Å². The van der Waals surface area contributed by atoms with Crippen molar-refractivity contribution in [2.45, 2.75) is 6.92 Å². The number of nitrogens with zero attached hydrogens (tertiary/aromatic N) is 2. The highest BCUT2D eigenvalue weighted by Crippen LogP contribution is 2.31. The van der Waals surface area contributed by atoms with Crippen molar-refractivity contribution in [3.8, 4) is 10.6 Å². The first kappa shape index (κ1) is 10.9. The van der Waals surface area contributed by atoms with E-state index in [2.05, 4.69) is 10.2 Å². The van der Waals surface area contributed by atoms with E-state index in [-0.39, 0.29) is 5.69 Å². The van der Waals surface area contributed by atoms with Gasteiger partial charge < -0.3 is 0 Å². The Morgan fingerprint density at radius 2 is 2.31 bits per heavy atom. The van der Waals surface area contributed by atoms with Crippen LogP contribution in [0.4, 0.5) is 5.69 Å². The van der Waals surface area contributed by atoms with E-state index in [1.165, 1.54) is 17.4 Å². The Labute approximate surface area is 99.9 Å². The van der Waals surface area contributed by atoms with Gasteiger partial charge in [0, 0.05) is 6.07 Å². The minimum Gasteiger partial charge on any atom is -0.258 e. The molecule has 0 atom stereocenters. The lowest BCUT2D eigenvalue weighted by atomic mass is 10.1. The highest BCUT2D eigenvalue weighted by molar-refractivity contribution is 7.73. The number of aryl methyl sites for hydroxylation is 1. The lowest BCUT2D eigenvalue weighted by Crippen LogP contribution is -1.92. The van der Waals surface area contributed by atoms with Gasteiger partial charge in [-0.15, -0.1) is 0 Å². The molecule has 0 aliphatic carbocycles. The minimum absolute atomic E-state index is 0.0448. The summed E-state index contributed by atoms with van der Waals surface area (Å²) >= 11 is 6.13. The molecule has 0 radical (unpaired) electrons. The van der Waals surface area contributed by atoms with Crippen molar-refractivity contribution < 1.29 is 4.92 Å². The molecule has 0 saturated heterocycles. The number of nitrogens with one attached hydrogen (secondary N) is 1. The van der Waals surface area contributed by atoms with Gasteiger partial charge in [-0.1, -0.05) is 17.4 Å². The molecule has 5 nitrogen and oxygen atoms in total. The van der Waals surface area contributed by atoms with Crippen LogP contribution in [0.1, 0.15) is 5.56 Å². The van der Waals surface area contributed by atoms with Crippen LogP contribution < -0.4 is 0 Å². The fourth-order valence-corrected chi connectivity index (χ4v) is 2.24. The predicted molar refractivity (Wildman–Crippen MR) is 64.1 cm³/mol. The third kappa shape index (κ3) is 2.00. The largest absolute Gasteiger partial charge is 0.279 e. The summed E-state index contributed by atoms with van der Waals surface area (Å²) in [5.74, 6) is 0. The number of benzene rings is 1. The maximum atomic E-state index is 10.9. The summed E-state index contributed by atoms with van der Waals surface area (Å²) in [5, 5.41) is 18.0. The van der Waals surface area contributed by atoms with Gasteiger partial charge >= 0.3 is 0 Å². The van der Waals surface area contributed by atoms with E-state index in [9.17, 15) is 10.1 Å². The van der Waals surface area contributed by atoms with E-state index in [0.717, 1.165) is 5.56 Å². The summed E-state index contributed by atoms with van der Waals surface area (Å²) in [7, 11) is 0. The molecule has 0 bridgehead atoms. The smallest absolute Gasteiger partial charge is 0.258 e. The Balaban J connectivity index is 2.66. The molecule has 1 aromatic carbocycles. The third-order valence-corrected chi connectivity index (χ3v) is 3.14. The molecule has 0 spiro atoms. The third-order valence-electron chi connectivity index (χ3n) is 2.02. The van der Waals surface area contributed by atoms with Crippen LogP contribution in [0.5, 0.6) is 0 Å². The van der Waals surface area contributed by atoms with Crippen LogP contribution in [0.25, 0.3) is 10.6 Å². The summed E-state index contributed by atoms with van der Waals surface area (Å²) in [5.41, 5.74) is 1.49. The first-order valence-corrected chi connectivity index (χ1v) is 5.61. The molecule has 0 aliphatic heterocycles. The molecule has 0 aliphatic rings. The van der Waals surface area contributed by atoms with E-state index in [1.807, 2.05) is 6.92 Å². The van der Waals surface area contributed by atoms with Crippen LogP contribution in [0.2, 0.25) is 0 Å².